The fourth-order valence-corrected chi connectivity index (χ4v) is 2.92. The van der Waals surface area contributed by atoms with E-state index in [2.05, 4.69) is 5.10 Å². The fraction of sp³-hybridized carbons (Fsp3) is 0.316. The average molecular weight is 339 g/mol. The largest absolute Gasteiger partial charge is 0.469 e. The summed E-state index contributed by atoms with van der Waals surface area (Å²) in [4.78, 5) is 25.6. The van der Waals surface area contributed by atoms with Gasteiger partial charge in [-0.25, -0.2) is 4.68 Å². The molecule has 1 fully saturated rings. The van der Waals surface area contributed by atoms with E-state index in [1.54, 1.807) is 27.9 Å². The second kappa shape index (κ2) is 7.79. The van der Waals surface area contributed by atoms with Crippen molar-refractivity contribution < 1.29 is 14.3 Å². The Bertz CT molecular complexity index is 759. The van der Waals surface area contributed by atoms with Crippen LogP contribution in [0.4, 0.5) is 0 Å². The molecule has 0 unspecified atom stereocenters. The van der Waals surface area contributed by atoms with Crippen LogP contribution in [0.1, 0.15) is 18.4 Å². The molecule has 2 heterocycles. The third kappa shape index (κ3) is 4.15. The van der Waals surface area contributed by atoms with Crippen LogP contribution in [0.3, 0.4) is 0 Å². The predicted molar refractivity (Wildman–Crippen MR) is 93.9 cm³/mol. The summed E-state index contributed by atoms with van der Waals surface area (Å²) in [6.45, 7) is 1.15. The van der Waals surface area contributed by atoms with Gasteiger partial charge in [0.25, 0.3) is 0 Å². The minimum atomic E-state index is -0.184. The lowest BCUT2D eigenvalue weighted by Gasteiger charge is -2.29. The molecular formula is C19H21N3O3. The number of piperidine rings is 1. The van der Waals surface area contributed by atoms with Gasteiger partial charge in [-0.05, 0) is 31.1 Å². The summed E-state index contributed by atoms with van der Waals surface area (Å²) < 4.78 is 6.53. The quantitative estimate of drug-likeness (QED) is 0.633. The highest BCUT2D eigenvalue weighted by atomic mass is 16.5. The number of amides is 1. The topological polar surface area (TPSA) is 64.4 Å². The first-order valence-electron chi connectivity index (χ1n) is 8.32. The van der Waals surface area contributed by atoms with Crippen molar-refractivity contribution in [3.8, 4) is 5.69 Å². The molecule has 1 amide bonds. The number of nitrogens with zero attached hydrogens (tertiary/aromatic N) is 3. The summed E-state index contributed by atoms with van der Waals surface area (Å²) in [5.41, 5.74) is 1.83. The van der Waals surface area contributed by atoms with Gasteiger partial charge in [0.1, 0.15) is 0 Å². The van der Waals surface area contributed by atoms with Gasteiger partial charge in [0.15, 0.2) is 0 Å². The molecule has 0 saturated carbocycles. The molecule has 1 aromatic heterocycles. The Hall–Kier alpha value is -2.89. The molecule has 0 radical (unpaired) electrons. The van der Waals surface area contributed by atoms with Crippen LogP contribution in [0.15, 0.2) is 48.8 Å². The lowest BCUT2D eigenvalue weighted by Crippen LogP contribution is -2.39. The first-order valence-corrected chi connectivity index (χ1v) is 8.32. The third-order valence-electron chi connectivity index (χ3n) is 4.38. The molecule has 1 aliphatic rings. The zero-order valence-electron chi connectivity index (χ0n) is 14.2. The highest BCUT2D eigenvalue weighted by Crippen LogP contribution is 2.19. The van der Waals surface area contributed by atoms with Crippen LogP contribution in [0.2, 0.25) is 0 Å². The summed E-state index contributed by atoms with van der Waals surface area (Å²) in [6.07, 6.45) is 8.23. The van der Waals surface area contributed by atoms with Crippen LogP contribution in [0.5, 0.6) is 0 Å². The minimum Gasteiger partial charge on any atom is -0.469 e. The Kier molecular flexibility index (Phi) is 5.28. The van der Waals surface area contributed by atoms with Crippen molar-refractivity contribution in [1.29, 1.82) is 0 Å². The van der Waals surface area contributed by atoms with Gasteiger partial charge < -0.3 is 9.64 Å². The first kappa shape index (κ1) is 17.0. The van der Waals surface area contributed by atoms with Crippen molar-refractivity contribution in [1.82, 2.24) is 14.7 Å². The summed E-state index contributed by atoms with van der Waals surface area (Å²) in [7, 11) is 1.40. The van der Waals surface area contributed by atoms with E-state index in [1.807, 2.05) is 36.5 Å². The number of methoxy groups -OCH3 is 1. The lowest BCUT2D eigenvalue weighted by molar-refractivity contribution is -0.148. The molecule has 1 saturated heterocycles. The van der Waals surface area contributed by atoms with E-state index < -0.39 is 0 Å². The smallest absolute Gasteiger partial charge is 0.308 e. The molecule has 6 nitrogen and oxygen atoms in total. The van der Waals surface area contributed by atoms with Crippen molar-refractivity contribution in [2.45, 2.75) is 12.8 Å². The zero-order chi connectivity index (χ0) is 17.6. The molecule has 6 heteroatoms. The maximum absolute atomic E-state index is 12.3. The van der Waals surface area contributed by atoms with Gasteiger partial charge >= 0.3 is 5.97 Å². The molecule has 0 spiro atoms. The zero-order valence-corrected chi connectivity index (χ0v) is 14.2. The number of esters is 1. The number of hydrogen-bond acceptors (Lipinski definition) is 4. The Morgan fingerprint density at radius 1 is 1.20 bits per heavy atom. The average Bonchev–Trinajstić information content (AvgIpc) is 3.15. The molecular weight excluding hydrogens is 318 g/mol. The number of benzene rings is 1. The van der Waals surface area contributed by atoms with E-state index in [9.17, 15) is 9.59 Å². The minimum absolute atomic E-state index is 0.0456. The summed E-state index contributed by atoms with van der Waals surface area (Å²) >= 11 is 0. The second-order valence-corrected chi connectivity index (χ2v) is 6.01. The molecule has 2 aromatic rings. The van der Waals surface area contributed by atoms with Crippen LogP contribution in [0, 0.1) is 5.92 Å². The maximum atomic E-state index is 12.3. The van der Waals surface area contributed by atoms with E-state index in [0.29, 0.717) is 25.9 Å². The van der Waals surface area contributed by atoms with Crippen molar-refractivity contribution in [3.63, 3.8) is 0 Å². The van der Waals surface area contributed by atoms with Gasteiger partial charge in [0, 0.05) is 30.9 Å². The van der Waals surface area contributed by atoms with E-state index in [-0.39, 0.29) is 17.8 Å². The van der Waals surface area contributed by atoms with Crippen molar-refractivity contribution in [2.24, 2.45) is 5.92 Å². The lowest BCUT2D eigenvalue weighted by atomic mass is 9.97. The Balaban J connectivity index is 1.57. The van der Waals surface area contributed by atoms with Gasteiger partial charge in [0.05, 0.1) is 24.9 Å². The molecule has 1 aromatic carbocycles. The Morgan fingerprint density at radius 2 is 1.92 bits per heavy atom. The van der Waals surface area contributed by atoms with Crippen molar-refractivity contribution >= 4 is 18.0 Å². The van der Waals surface area contributed by atoms with Crippen LogP contribution in [-0.2, 0) is 14.3 Å². The Morgan fingerprint density at radius 3 is 2.60 bits per heavy atom. The van der Waals surface area contributed by atoms with E-state index in [4.69, 9.17) is 4.74 Å². The third-order valence-corrected chi connectivity index (χ3v) is 4.38. The van der Waals surface area contributed by atoms with Crippen LogP contribution < -0.4 is 0 Å². The van der Waals surface area contributed by atoms with Crippen LogP contribution >= 0.6 is 0 Å². The number of carbonyl (C=O) groups excluding carboxylic acids is 2. The maximum Gasteiger partial charge on any atom is 0.308 e. The van der Waals surface area contributed by atoms with Gasteiger partial charge in [-0.3, -0.25) is 9.59 Å². The Labute approximate surface area is 146 Å². The van der Waals surface area contributed by atoms with Gasteiger partial charge in [-0.1, -0.05) is 18.2 Å². The number of carbonyl (C=O) groups is 2. The van der Waals surface area contributed by atoms with Crippen molar-refractivity contribution in [2.75, 3.05) is 20.2 Å². The normalized spacial score (nSPS) is 15.5. The number of para-hydroxylation sites is 1. The fourth-order valence-electron chi connectivity index (χ4n) is 2.92. The van der Waals surface area contributed by atoms with E-state index in [0.717, 1.165) is 11.3 Å². The summed E-state index contributed by atoms with van der Waals surface area (Å²) in [6, 6.07) is 9.80. The van der Waals surface area contributed by atoms with Crippen LogP contribution in [0.25, 0.3) is 11.8 Å². The number of ether oxygens (including phenoxy) is 1. The standard InChI is InChI=1S/C19H21N3O3/c1-25-19(24)16-9-11-21(12-10-16)18(23)8-7-15-13-20-22(14-15)17-5-3-2-4-6-17/h2-8,13-14,16H,9-12H2,1H3. The molecule has 130 valence electrons. The summed E-state index contributed by atoms with van der Waals surface area (Å²) in [5, 5.41) is 4.30. The second-order valence-electron chi connectivity index (χ2n) is 6.01. The molecule has 0 atom stereocenters. The molecule has 25 heavy (non-hydrogen) atoms. The molecule has 0 bridgehead atoms. The first-order chi connectivity index (χ1) is 12.2. The van der Waals surface area contributed by atoms with Gasteiger partial charge in [-0.15, -0.1) is 0 Å². The van der Waals surface area contributed by atoms with Gasteiger partial charge in [-0.2, -0.15) is 5.10 Å². The molecule has 0 aliphatic carbocycles. The number of likely N-dealkylation sites (tertiary alicyclic amines) is 1. The van der Waals surface area contributed by atoms with E-state index >= 15 is 0 Å². The summed E-state index contributed by atoms with van der Waals surface area (Å²) in [5.74, 6) is -0.325. The number of rotatable bonds is 4. The van der Waals surface area contributed by atoms with Gasteiger partial charge in [0.2, 0.25) is 5.91 Å². The highest BCUT2D eigenvalue weighted by molar-refractivity contribution is 5.91. The van der Waals surface area contributed by atoms with Crippen molar-refractivity contribution in [3.05, 3.63) is 54.4 Å². The predicted octanol–water partition coefficient (Wildman–Crippen LogP) is 2.30. The monoisotopic (exact) mass is 339 g/mol. The highest BCUT2D eigenvalue weighted by Gasteiger charge is 2.26. The molecule has 1 aliphatic heterocycles. The number of aromatic nitrogens is 2. The SMILES string of the molecule is COC(=O)C1CCN(C(=O)C=Cc2cnn(-c3ccccc3)c2)CC1. The number of hydrogen-bond donors (Lipinski definition) is 0. The molecule has 3 rings (SSSR count). The van der Waals surface area contributed by atoms with E-state index in [1.165, 1.54) is 7.11 Å². The van der Waals surface area contributed by atoms with Crippen LogP contribution in [-0.4, -0.2) is 46.8 Å². The molecule has 0 N–H and O–H groups in total.